The average molecular weight is 315 g/mol. The summed E-state index contributed by atoms with van der Waals surface area (Å²) in [6.45, 7) is 5.50. The highest BCUT2D eigenvalue weighted by molar-refractivity contribution is 5.74. The largest absolute Gasteiger partial charge is 0.423 e. The first kappa shape index (κ1) is 15.0. The number of rotatable bonds is 4. The summed E-state index contributed by atoms with van der Waals surface area (Å²) >= 11 is 0. The number of anilines is 1. The number of oxazole rings is 1. The summed E-state index contributed by atoms with van der Waals surface area (Å²) in [4.78, 5) is 9.37. The van der Waals surface area contributed by atoms with Gasteiger partial charge in [0.15, 0.2) is 5.58 Å². The van der Waals surface area contributed by atoms with Crippen molar-refractivity contribution in [3.8, 4) is 0 Å². The molecule has 0 bridgehead atoms. The molecule has 2 atom stereocenters. The number of nitrogens with zero attached hydrogens (tertiary/aromatic N) is 3. The first-order chi connectivity index (χ1) is 11.3. The molecule has 23 heavy (non-hydrogen) atoms. The summed E-state index contributed by atoms with van der Waals surface area (Å²) < 4.78 is 5.90. The van der Waals surface area contributed by atoms with Gasteiger partial charge in [-0.2, -0.15) is 4.98 Å². The van der Waals surface area contributed by atoms with Crippen molar-refractivity contribution in [1.29, 1.82) is 0 Å². The summed E-state index contributed by atoms with van der Waals surface area (Å²) in [5, 5.41) is 9.77. The van der Waals surface area contributed by atoms with Gasteiger partial charge in [0.2, 0.25) is 0 Å². The normalized spacial score (nSPS) is 26.2. The van der Waals surface area contributed by atoms with Crippen LogP contribution in [0.3, 0.4) is 0 Å². The number of benzene rings is 1. The zero-order chi connectivity index (χ0) is 15.6. The van der Waals surface area contributed by atoms with Gasteiger partial charge in [-0.1, -0.05) is 18.6 Å². The molecule has 2 fully saturated rings. The van der Waals surface area contributed by atoms with Crippen molar-refractivity contribution in [3.05, 3.63) is 24.3 Å². The number of hydrogen-bond donors (Lipinski definition) is 1. The fourth-order valence-corrected chi connectivity index (χ4v) is 3.98. The van der Waals surface area contributed by atoms with Gasteiger partial charge in [-0.05, 0) is 44.0 Å². The molecule has 2 aliphatic rings. The van der Waals surface area contributed by atoms with Crippen molar-refractivity contribution < 1.29 is 9.52 Å². The van der Waals surface area contributed by atoms with Crippen LogP contribution in [-0.4, -0.2) is 54.3 Å². The van der Waals surface area contributed by atoms with E-state index in [-0.39, 0.29) is 6.61 Å². The fourth-order valence-electron chi connectivity index (χ4n) is 3.98. The molecule has 4 rings (SSSR count). The van der Waals surface area contributed by atoms with E-state index in [0.717, 1.165) is 30.7 Å². The second-order valence-electron chi connectivity index (χ2n) is 6.93. The second-order valence-corrected chi connectivity index (χ2v) is 6.93. The monoisotopic (exact) mass is 315 g/mol. The van der Waals surface area contributed by atoms with Crippen LogP contribution >= 0.6 is 0 Å². The van der Waals surface area contributed by atoms with Crippen LogP contribution < -0.4 is 4.90 Å². The highest BCUT2D eigenvalue weighted by atomic mass is 16.4. The molecule has 1 aromatic heterocycles. The highest BCUT2D eigenvalue weighted by Crippen LogP contribution is 2.31. The Bertz CT molecular complexity index is 618. The maximum Gasteiger partial charge on any atom is 0.298 e. The standard InChI is InChI=1S/C18H25N3O2/c22-13-15-12-21(11-14(15)10-20-8-4-1-5-9-20)18-19-16-6-2-3-7-17(16)23-18/h2-3,6-7,14-15,22H,1,4-5,8-13H2/t14-,15-/m0/s1. The van der Waals surface area contributed by atoms with Crippen LogP contribution in [0, 0.1) is 11.8 Å². The molecule has 5 heteroatoms. The minimum absolute atomic E-state index is 0.245. The molecule has 0 radical (unpaired) electrons. The van der Waals surface area contributed by atoms with Crippen LogP contribution in [0.25, 0.3) is 11.1 Å². The molecule has 0 amide bonds. The van der Waals surface area contributed by atoms with Gasteiger partial charge in [-0.15, -0.1) is 0 Å². The molecule has 5 nitrogen and oxygen atoms in total. The number of para-hydroxylation sites is 2. The van der Waals surface area contributed by atoms with E-state index in [1.165, 1.54) is 32.4 Å². The minimum Gasteiger partial charge on any atom is -0.423 e. The SMILES string of the molecule is OC[C@@H]1CN(c2nc3ccccc3o2)C[C@@H]1CN1CCCCC1. The van der Waals surface area contributed by atoms with Gasteiger partial charge in [0, 0.05) is 32.2 Å². The Hall–Kier alpha value is -1.59. The van der Waals surface area contributed by atoms with Gasteiger partial charge in [-0.3, -0.25) is 0 Å². The first-order valence-electron chi connectivity index (χ1n) is 8.77. The Morgan fingerprint density at radius 3 is 2.65 bits per heavy atom. The van der Waals surface area contributed by atoms with Crippen molar-refractivity contribution in [1.82, 2.24) is 9.88 Å². The number of fused-ring (bicyclic) bond motifs is 1. The first-order valence-corrected chi connectivity index (χ1v) is 8.77. The van der Waals surface area contributed by atoms with Crippen molar-refractivity contribution >= 4 is 17.1 Å². The van der Waals surface area contributed by atoms with Crippen LogP contribution in [0.2, 0.25) is 0 Å². The molecule has 1 aromatic carbocycles. The summed E-state index contributed by atoms with van der Waals surface area (Å²) in [7, 11) is 0. The number of aromatic nitrogens is 1. The summed E-state index contributed by atoms with van der Waals surface area (Å²) in [6, 6.07) is 8.58. The van der Waals surface area contributed by atoms with Gasteiger partial charge in [0.1, 0.15) is 5.52 Å². The van der Waals surface area contributed by atoms with Crippen molar-refractivity contribution in [2.24, 2.45) is 11.8 Å². The number of hydrogen-bond acceptors (Lipinski definition) is 5. The van der Waals surface area contributed by atoms with E-state index in [9.17, 15) is 5.11 Å². The Morgan fingerprint density at radius 1 is 1.09 bits per heavy atom. The molecule has 0 unspecified atom stereocenters. The summed E-state index contributed by atoms with van der Waals surface area (Å²) in [6.07, 6.45) is 3.98. The third kappa shape index (κ3) is 3.08. The van der Waals surface area contributed by atoms with E-state index >= 15 is 0 Å². The quantitative estimate of drug-likeness (QED) is 0.938. The zero-order valence-electron chi connectivity index (χ0n) is 13.5. The van der Waals surface area contributed by atoms with E-state index in [2.05, 4.69) is 14.8 Å². The van der Waals surface area contributed by atoms with Gasteiger partial charge >= 0.3 is 0 Å². The lowest BCUT2D eigenvalue weighted by Crippen LogP contribution is -2.37. The van der Waals surface area contributed by atoms with E-state index < -0.39 is 0 Å². The Morgan fingerprint density at radius 2 is 1.87 bits per heavy atom. The lowest BCUT2D eigenvalue weighted by atomic mass is 9.95. The van der Waals surface area contributed by atoms with Crippen molar-refractivity contribution in [2.75, 3.05) is 44.2 Å². The molecule has 2 saturated heterocycles. The van der Waals surface area contributed by atoms with Crippen LogP contribution in [-0.2, 0) is 0 Å². The Labute approximate surface area is 136 Å². The fraction of sp³-hybridized carbons (Fsp3) is 0.611. The maximum atomic E-state index is 9.77. The average Bonchev–Trinajstić information content (AvgIpc) is 3.19. The summed E-state index contributed by atoms with van der Waals surface area (Å²) in [5.41, 5.74) is 1.74. The summed E-state index contributed by atoms with van der Waals surface area (Å²) in [5.74, 6) is 0.806. The molecule has 2 aromatic rings. The number of aliphatic hydroxyl groups excluding tert-OH is 1. The molecule has 2 aliphatic heterocycles. The molecular formula is C18H25N3O2. The predicted molar refractivity (Wildman–Crippen MR) is 90.6 cm³/mol. The number of likely N-dealkylation sites (tertiary alicyclic amines) is 1. The van der Waals surface area contributed by atoms with E-state index in [4.69, 9.17) is 4.42 Å². The van der Waals surface area contributed by atoms with Crippen LogP contribution in [0.4, 0.5) is 6.01 Å². The maximum absolute atomic E-state index is 9.77. The lowest BCUT2D eigenvalue weighted by Gasteiger charge is -2.30. The third-order valence-corrected chi connectivity index (χ3v) is 5.31. The van der Waals surface area contributed by atoms with Gasteiger partial charge in [0.05, 0.1) is 0 Å². The van der Waals surface area contributed by atoms with E-state index in [1.807, 2.05) is 24.3 Å². The smallest absolute Gasteiger partial charge is 0.298 e. The van der Waals surface area contributed by atoms with E-state index in [0.29, 0.717) is 17.9 Å². The lowest BCUT2D eigenvalue weighted by molar-refractivity contribution is 0.149. The van der Waals surface area contributed by atoms with E-state index in [1.54, 1.807) is 0 Å². The van der Waals surface area contributed by atoms with Crippen molar-refractivity contribution in [2.45, 2.75) is 19.3 Å². The van der Waals surface area contributed by atoms with Crippen molar-refractivity contribution in [3.63, 3.8) is 0 Å². The Kier molecular flexibility index (Phi) is 4.23. The minimum atomic E-state index is 0.245. The van der Waals surface area contributed by atoms with Crippen LogP contribution in [0.1, 0.15) is 19.3 Å². The second kappa shape index (κ2) is 6.49. The molecule has 0 aliphatic carbocycles. The predicted octanol–water partition coefficient (Wildman–Crippen LogP) is 2.36. The van der Waals surface area contributed by atoms with Gasteiger partial charge in [0.25, 0.3) is 6.01 Å². The molecule has 3 heterocycles. The van der Waals surface area contributed by atoms with Crippen LogP contribution in [0.5, 0.6) is 0 Å². The topological polar surface area (TPSA) is 52.7 Å². The highest BCUT2D eigenvalue weighted by Gasteiger charge is 2.35. The zero-order valence-corrected chi connectivity index (χ0v) is 13.5. The molecule has 0 spiro atoms. The van der Waals surface area contributed by atoms with Crippen LogP contribution in [0.15, 0.2) is 28.7 Å². The Balaban J connectivity index is 1.47. The van der Waals surface area contributed by atoms with Gasteiger partial charge in [-0.25, -0.2) is 0 Å². The third-order valence-electron chi connectivity index (χ3n) is 5.31. The molecule has 124 valence electrons. The molecular weight excluding hydrogens is 290 g/mol. The molecule has 1 N–H and O–H groups in total. The number of aliphatic hydroxyl groups is 1. The van der Waals surface area contributed by atoms with Gasteiger partial charge < -0.3 is 19.3 Å². The molecule has 0 saturated carbocycles. The number of piperidine rings is 1.